The molecule has 27 heavy (non-hydrogen) atoms. The van der Waals surface area contributed by atoms with Crippen molar-refractivity contribution in [3.8, 4) is 28.3 Å². The number of hydrogen-bond donors (Lipinski definition) is 1. The Balaban J connectivity index is 1.52. The highest BCUT2D eigenvalue weighted by atomic mass is 15.4. The second-order valence-corrected chi connectivity index (χ2v) is 6.84. The minimum Gasteiger partial charge on any atom is -0.344 e. The molecule has 1 N–H and O–H groups in total. The van der Waals surface area contributed by atoms with Crippen molar-refractivity contribution in [1.82, 2.24) is 34.9 Å². The number of H-pyrrole nitrogens is 1. The van der Waals surface area contributed by atoms with Crippen LogP contribution in [0.3, 0.4) is 0 Å². The van der Waals surface area contributed by atoms with Gasteiger partial charge in [-0.1, -0.05) is 30.3 Å². The molecule has 8 heteroatoms. The van der Waals surface area contributed by atoms with Crippen LogP contribution < -0.4 is 4.90 Å². The van der Waals surface area contributed by atoms with Crippen molar-refractivity contribution in [2.24, 2.45) is 0 Å². The van der Waals surface area contributed by atoms with Gasteiger partial charge in [-0.05, 0) is 12.8 Å². The van der Waals surface area contributed by atoms with Gasteiger partial charge in [0.1, 0.15) is 12.0 Å². The fourth-order valence-corrected chi connectivity index (χ4v) is 4.10. The van der Waals surface area contributed by atoms with Crippen molar-refractivity contribution < 1.29 is 0 Å². The van der Waals surface area contributed by atoms with Gasteiger partial charge < -0.3 is 4.90 Å². The number of rotatable bonds is 2. The molecule has 3 aromatic heterocycles. The molecular weight excluding hydrogens is 340 g/mol. The average Bonchev–Trinajstić information content (AvgIpc) is 3.48. The first-order valence-electron chi connectivity index (χ1n) is 9.03. The highest BCUT2D eigenvalue weighted by molar-refractivity contribution is 5.78. The van der Waals surface area contributed by atoms with E-state index in [0.717, 1.165) is 53.5 Å². The van der Waals surface area contributed by atoms with Gasteiger partial charge in [-0.3, -0.25) is 9.67 Å². The summed E-state index contributed by atoms with van der Waals surface area (Å²) in [5, 5.41) is 15.8. The third-order valence-electron chi connectivity index (χ3n) is 5.35. The molecule has 0 bridgehead atoms. The van der Waals surface area contributed by atoms with E-state index < -0.39 is 0 Å². The van der Waals surface area contributed by atoms with Crippen molar-refractivity contribution >= 4 is 5.82 Å². The van der Waals surface area contributed by atoms with Crippen molar-refractivity contribution in [2.45, 2.75) is 18.9 Å². The molecule has 0 saturated carbocycles. The highest BCUT2D eigenvalue weighted by Crippen LogP contribution is 2.42. The lowest BCUT2D eigenvalue weighted by molar-refractivity contribution is 0.620. The maximum absolute atomic E-state index is 4.94. The van der Waals surface area contributed by atoms with Gasteiger partial charge in [0.05, 0.1) is 29.7 Å². The van der Waals surface area contributed by atoms with Crippen molar-refractivity contribution in [1.29, 1.82) is 0 Å². The molecular formula is C19H16N8. The first kappa shape index (κ1) is 14.6. The summed E-state index contributed by atoms with van der Waals surface area (Å²) in [6.07, 6.45) is 7.59. The SMILES string of the molecule is c1ccc(-c2[nH]ncc2-c2ncc3c(n2)N2CCCC2c2nncn2-3)cc1. The summed E-state index contributed by atoms with van der Waals surface area (Å²) in [7, 11) is 0. The molecule has 2 aliphatic rings. The topological polar surface area (TPSA) is 88.4 Å². The maximum Gasteiger partial charge on any atom is 0.165 e. The van der Waals surface area contributed by atoms with Gasteiger partial charge in [0.15, 0.2) is 17.5 Å². The van der Waals surface area contributed by atoms with Crippen LogP contribution in [0.2, 0.25) is 0 Å². The number of aromatic nitrogens is 7. The maximum atomic E-state index is 4.94. The number of fused-ring (bicyclic) bond motifs is 6. The van der Waals surface area contributed by atoms with E-state index in [1.165, 1.54) is 0 Å². The largest absolute Gasteiger partial charge is 0.344 e. The van der Waals surface area contributed by atoms with Crippen LogP contribution in [0.5, 0.6) is 0 Å². The van der Waals surface area contributed by atoms with Crippen LogP contribution in [-0.2, 0) is 0 Å². The molecule has 4 aromatic rings. The van der Waals surface area contributed by atoms with Gasteiger partial charge in [0.2, 0.25) is 0 Å². The Bertz CT molecular complexity index is 1130. The quantitative estimate of drug-likeness (QED) is 0.594. The van der Waals surface area contributed by atoms with E-state index >= 15 is 0 Å². The van der Waals surface area contributed by atoms with E-state index in [1.807, 2.05) is 29.0 Å². The van der Waals surface area contributed by atoms with Gasteiger partial charge >= 0.3 is 0 Å². The van der Waals surface area contributed by atoms with Crippen LogP contribution in [0.4, 0.5) is 5.82 Å². The monoisotopic (exact) mass is 356 g/mol. The fraction of sp³-hybridized carbons (Fsp3) is 0.211. The second kappa shape index (κ2) is 5.47. The molecule has 132 valence electrons. The van der Waals surface area contributed by atoms with Gasteiger partial charge in [-0.15, -0.1) is 10.2 Å². The van der Waals surface area contributed by atoms with E-state index in [0.29, 0.717) is 5.82 Å². The van der Waals surface area contributed by atoms with E-state index in [2.05, 4.69) is 42.4 Å². The van der Waals surface area contributed by atoms with Crippen LogP contribution in [-0.4, -0.2) is 41.5 Å². The molecule has 0 aliphatic carbocycles. The molecule has 6 rings (SSSR count). The Kier molecular flexibility index (Phi) is 2.96. The van der Waals surface area contributed by atoms with Crippen LogP contribution in [0.1, 0.15) is 24.7 Å². The van der Waals surface area contributed by atoms with Crippen molar-refractivity contribution in [3.63, 3.8) is 0 Å². The van der Waals surface area contributed by atoms with Gasteiger partial charge in [0, 0.05) is 12.1 Å². The summed E-state index contributed by atoms with van der Waals surface area (Å²) in [5.41, 5.74) is 3.82. The number of aromatic amines is 1. The summed E-state index contributed by atoms with van der Waals surface area (Å²) >= 11 is 0. The molecule has 0 amide bonds. The van der Waals surface area contributed by atoms with Crippen LogP contribution in [0.25, 0.3) is 28.3 Å². The lowest BCUT2D eigenvalue weighted by atomic mass is 10.1. The number of benzene rings is 1. The van der Waals surface area contributed by atoms with Gasteiger partial charge in [-0.2, -0.15) is 5.10 Å². The van der Waals surface area contributed by atoms with Gasteiger partial charge in [0.25, 0.3) is 0 Å². The zero-order valence-corrected chi connectivity index (χ0v) is 14.4. The van der Waals surface area contributed by atoms with Crippen molar-refractivity contribution in [3.05, 3.63) is 54.9 Å². The molecule has 5 heterocycles. The third-order valence-corrected chi connectivity index (χ3v) is 5.35. The number of nitrogens with zero attached hydrogens (tertiary/aromatic N) is 7. The molecule has 1 atom stereocenters. The molecule has 2 aliphatic heterocycles. The van der Waals surface area contributed by atoms with E-state index in [1.54, 1.807) is 12.5 Å². The standard InChI is InChI=1S/C19H16N8/c1-2-5-12(6-3-1)16-13(9-21-24-16)17-20-10-15-18(23-17)26-8-4-7-14(26)19-25-22-11-27(15)19/h1-3,5-6,9-11,14H,4,7-8H2,(H,21,24). The molecule has 1 fully saturated rings. The molecule has 1 saturated heterocycles. The lowest BCUT2D eigenvalue weighted by Gasteiger charge is -2.31. The Hall–Kier alpha value is -3.55. The summed E-state index contributed by atoms with van der Waals surface area (Å²) in [5.74, 6) is 2.59. The Labute approximate surface area is 154 Å². The number of anilines is 1. The van der Waals surface area contributed by atoms with Crippen LogP contribution in [0, 0.1) is 0 Å². The lowest BCUT2D eigenvalue weighted by Crippen LogP contribution is -2.31. The zero-order valence-electron chi connectivity index (χ0n) is 14.4. The summed E-state index contributed by atoms with van der Waals surface area (Å²) in [4.78, 5) is 11.9. The minimum absolute atomic E-state index is 0.237. The predicted octanol–water partition coefficient (Wildman–Crippen LogP) is 2.77. The smallest absolute Gasteiger partial charge is 0.165 e. The molecule has 0 radical (unpaired) electrons. The second-order valence-electron chi connectivity index (χ2n) is 6.84. The zero-order chi connectivity index (χ0) is 17.8. The van der Waals surface area contributed by atoms with Crippen LogP contribution in [0.15, 0.2) is 49.1 Å². The third kappa shape index (κ3) is 2.06. The Morgan fingerprint density at radius 2 is 2.04 bits per heavy atom. The van der Waals surface area contributed by atoms with Crippen molar-refractivity contribution in [2.75, 3.05) is 11.4 Å². The molecule has 1 unspecified atom stereocenters. The van der Waals surface area contributed by atoms with E-state index in [9.17, 15) is 0 Å². The summed E-state index contributed by atoms with van der Waals surface area (Å²) in [6, 6.07) is 10.4. The Morgan fingerprint density at radius 3 is 2.96 bits per heavy atom. The number of hydrogen-bond acceptors (Lipinski definition) is 6. The summed E-state index contributed by atoms with van der Waals surface area (Å²) < 4.78 is 2.01. The minimum atomic E-state index is 0.237. The molecule has 8 nitrogen and oxygen atoms in total. The fourth-order valence-electron chi connectivity index (χ4n) is 4.10. The summed E-state index contributed by atoms with van der Waals surface area (Å²) in [6.45, 7) is 0.970. The average molecular weight is 356 g/mol. The number of nitrogens with one attached hydrogen (secondary N) is 1. The van der Waals surface area contributed by atoms with Crippen LogP contribution >= 0.6 is 0 Å². The molecule has 1 aromatic carbocycles. The van der Waals surface area contributed by atoms with E-state index in [4.69, 9.17) is 4.98 Å². The first-order chi connectivity index (χ1) is 13.4. The normalized spacial score (nSPS) is 17.5. The predicted molar refractivity (Wildman–Crippen MR) is 99.3 cm³/mol. The first-order valence-corrected chi connectivity index (χ1v) is 9.03. The Morgan fingerprint density at radius 1 is 1.11 bits per heavy atom. The van der Waals surface area contributed by atoms with E-state index in [-0.39, 0.29) is 6.04 Å². The highest BCUT2D eigenvalue weighted by Gasteiger charge is 2.37. The molecule has 0 spiro atoms. The van der Waals surface area contributed by atoms with Gasteiger partial charge in [-0.25, -0.2) is 9.97 Å².